The van der Waals surface area contributed by atoms with Crippen LogP contribution >= 0.6 is 0 Å². The van der Waals surface area contributed by atoms with E-state index in [0.717, 1.165) is 34.4 Å². The Balaban J connectivity index is 1.24. The number of hydrogen-bond donors (Lipinski definition) is 0. The fourth-order valence-electron chi connectivity index (χ4n) is 8.01. The number of nitrogens with zero attached hydrogens (tertiary/aromatic N) is 1. The maximum Gasteiger partial charge on any atom is 0.0541 e. The smallest absolute Gasteiger partial charge is 0.0541 e. The largest absolute Gasteiger partial charge is 0.313 e. The summed E-state index contributed by atoms with van der Waals surface area (Å²) in [7, 11) is 0. The summed E-state index contributed by atoms with van der Waals surface area (Å²) in [6.07, 6.45) is 7.76. The molecule has 0 amide bonds. The molecule has 1 nitrogen and oxygen atoms in total. The zero-order chi connectivity index (χ0) is 35.7. The minimum atomic E-state index is 0.822. The molecular formula is C52H39N. The molecule has 252 valence electrons. The fraction of sp³-hybridized carbons (Fsp3) is 0.0385. The van der Waals surface area contributed by atoms with Crippen LogP contribution in [0.4, 0.5) is 0 Å². The Morgan fingerprint density at radius 2 is 1.19 bits per heavy atom. The molecule has 0 radical (unpaired) electrons. The summed E-state index contributed by atoms with van der Waals surface area (Å²) >= 11 is 0. The van der Waals surface area contributed by atoms with E-state index in [0.29, 0.717) is 0 Å². The maximum atomic E-state index is 4.47. The Labute approximate surface area is 311 Å². The summed E-state index contributed by atoms with van der Waals surface area (Å²) in [5.41, 5.74) is 18.2. The minimum absolute atomic E-state index is 0.822. The molecule has 0 aliphatic heterocycles. The zero-order valence-electron chi connectivity index (χ0n) is 29.8. The number of hydrogen-bond acceptors (Lipinski definition) is 0. The first-order valence-electron chi connectivity index (χ1n) is 18.3. The predicted molar refractivity (Wildman–Crippen MR) is 228 cm³/mol. The van der Waals surface area contributed by atoms with Gasteiger partial charge in [-0.25, -0.2) is 0 Å². The molecule has 0 bridgehead atoms. The van der Waals surface area contributed by atoms with Gasteiger partial charge in [-0.2, -0.15) is 0 Å². The summed E-state index contributed by atoms with van der Waals surface area (Å²) in [5.74, 6) is 0. The van der Waals surface area contributed by atoms with Gasteiger partial charge in [0.05, 0.1) is 11.0 Å². The summed E-state index contributed by atoms with van der Waals surface area (Å²) in [6, 6.07) is 63.2. The van der Waals surface area contributed by atoms with Crippen molar-refractivity contribution in [2.45, 2.75) is 13.3 Å². The van der Waals surface area contributed by atoms with Crippen LogP contribution in [0.15, 0.2) is 195 Å². The molecule has 0 spiro atoms. The van der Waals surface area contributed by atoms with E-state index in [1.165, 1.54) is 66.3 Å². The molecule has 0 atom stereocenters. The Morgan fingerprint density at radius 1 is 0.547 bits per heavy atom. The van der Waals surface area contributed by atoms with Crippen molar-refractivity contribution < 1.29 is 0 Å². The van der Waals surface area contributed by atoms with E-state index in [1.54, 1.807) is 0 Å². The molecule has 8 aromatic rings. The lowest BCUT2D eigenvalue weighted by atomic mass is 9.90. The molecule has 1 aliphatic carbocycles. The van der Waals surface area contributed by atoms with Gasteiger partial charge in [0.2, 0.25) is 0 Å². The van der Waals surface area contributed by atoms with Crippen LogP contribution < -0.4 is 0 Å². The molecule has 1 heteroatoms. The zero-order valence-corrected chi connectivity index (χ0v) is 29.8. The van der Waals surface area contributed by atoms with E-state index < -0.39 is 0 Å². The van der Waals surface area contributed by atoms with Crippen LogP contribution in [-0.4, -0.2) is 4.57 Å². The van der Waals surface area contributed by atoms with Crippen molar-refractivity contribution in [2.75, 3.05) is 0 Å². The minimum Gasteiger partial charge on any atom is -0.313 e. The van der Waals surface area contributed by atoms with Crippen LogP contribution in [0.1, 0.15) is 34.7 Å². The third-order valence-electron chi connectivity index (χ3n) is 10.5. The first-order valence-corrected chi connectivity index (χ1v) is 18.3. The fourth-order valence-corrected chi connectivity index (χ4v) is 8.01. The lowest BCUT2D eigenvalue weighted by molar-refractivity contribution is 1.20. The number of para-hydroxylation sites is 1. The van der Waals surface area contributed by atoms with Gasteiger partial charge in [-0.3, -0.25) is 0 Å². The van der Waals surface area contributed by atoms with Crippen molar-refractivity contribution in [3.8, 4) is 22.3 Å². The predicted octanol–water partition coefficient (Wildman–Crippen LogP) is 13.9. The van der Waals surface area contributed by atoms with E-state index in [-0.39, 0.29) is 0 Å². The van der Waals surface area contributed by atoms with Crippen LogP contribution in [0.25, 0.3) is 72.6 Å². The Hall–Kier alpha value is -6.70. The van der Waals surface area contributed by atoms with Gasteiger partial charge in [0.25, 0.3) is 0 Å². The number of aromatic nitrogens is 1. The number of allylic oxidation sites excluding steroid dienone is 6. The molecular weight excluding hydrogens is 639 g/mol. The summed E-state index contributed by atoms with van der Waals surface area (Å²) < 4.78 is 2.45. The van der Waals surface area contributed by atoms with Crippen molar-refractivity contribution in [1.29, 1.82) is 0 Å². The number of benzene rings is 7. The lowest BCUT2D eigenvalue weighted by Gasteiger charge is -2.15. The maximum absolute atomic E-state index is 4.47. The van der Waals surface area contributed by atoms with Gasteiger partial charge in [-0.15, -0.1) is 0 Å². The van der Waals surface area contributed by atoms with Gasteiger partial charge < -0.3 is 4.57 Å². The summed E-state index contributed by atoms with van der Waals surface area (Å²) in [5, 5.41) is 2.58. The quantitative estimate of drug-likeness (QED) is 0.148. The average molecular weight is 678 g/mol. The van der Waals surface area contributed by atoms with Crippen LogP contribution in [-0.2, 0) is 6.42 Å². The molecule has 0 fully saturated rings. The number of fused-ring (bicyclic) bond motifs is 7. The van der Waals surface area contributed by atoms with Gasteiger partial charge in [0.15, 0.2) is 0 Å². The highest BCUT2D eigenvalue weighted by Gasteiger charge is 2.23. The Morgan fingerprint density at radius 3 is 1.98 bits per heavy atom. The monoisotopic (exact) mass is 677 g/mol. The molecule has 1 heterocycles. The third kappa shape index (κ3) is 6.07. The van der Waals surface area contributed by atoms with Crippen LogP contribution in [0.5, 0.6) is 0 Å². The third-order valence-corrected chi connectivity index (χ3v) is 10.5. The first kappa shape index (κ1) is 32.2. The first-order chi connectivity index (χ1) is 26.1. The molecule has 0 unspecified atom stereocenters. The summed E-state index contributed by atoms with van der Waals surface area (Å²) in [6.45, 7) is 6.70. The second-order valence-corrected chi connectivity index (χ2v) is 13.9. The molecule has 53 heavy (non-hydrogen) atoms. The van der Waals surface area contributed by atoms with E-state index >= 15 is 0 Å². The van der Waals surface area contributed by atoms with Crippen molar-refractivity contribution in [3.63, 3.8) is 0 Å². The van der Waals surface area contributed by atoms with E-state index in [1.807, 2.05) is 6.07 Å². The Bertz CT molecular complexity index is 2740. The van der Waals surface area contributed by atoms with Gasteiger partial charge in [0, 0.05) is 16.5 Å². The van der Waals surface area contributed by atoms with E-state index in [9.17, 15) is 0 Å². The highest BCUT2D eigenvalue weighted by Crippen LogP contribution is 2.44. The summed E-state index contributed by atoms with van der Waals surface area (Å²) in [4.78, 5) is 0. The topological polar surface area (TPSA) is 4.93 Å². The van der Waals surface area contributed by atoms with Crippen LogP contribution in [0, 0.1) is 0 Å². The van der Waals surface area contributed by atoms with Gasteiger partial charge in [-0.05, 0) is 110 Å². The molecule has 0 N–H and O–H groups in total. The van der Waals surface area contributed by atoms with Gasteiger partial charge >= 0.3 is 0 Å². The Kier molecular flexibility index (Phi) is 8.38. The van der Waals surface area contributed by atoms with Crippen LogP contribution in [0.3, 0.4) is 0 Å². The van der Waals surface area contributed by atoms with Crippen molar-refractivity contribution in [3.05, 3.63) is 222 Å². The second-order valence-electron chi connectivity index (χ2n) is 13.9. The molecule has 1 aliphatic rings. The normalized spacial score (nSPS) is 13.0. The van der Waals surface area contributed by atoms with E-state index in [4.69, 9.17) is 0 Å². The van der Waals surface area contributed by atoms with Crippen molar-refractivity contribution in [1.82, 2.24) is 4.57 Å². The molecule has 0 saturated heterocycles. The number of rotatable bonds is 7. The molecule has 0 saturated carbocycles. The SMILES string of the molecule is C=C(/C=C(\C=C(/C)n1c2ccccc2c2c3c(ccc21)-c1ccccc1C=C(c1cccc(-c2ccccc2)c1)C3)c1ccccc1)c1ccccc1. The van der Waals surface area contributed by atoms with E-state index in [2.05, 4.69) is 206 Å². The van der Waals surface area contributed by atoms with Crippen molar-refractivity contribution in [2.24, 2.45) is 0 Å². The molecule has 1 aromatic heterocycles. The highest BCUT2D eigenvalue weighted by molar-refractivity contribution is 6.15. The molecule has 9 rings (SSSR count). The second kappa shape index (κ2) is 13.8. The van der Waals surface area contributed by atoms with Crippen LogP contribution in [0.2, 0.25) is 0 Å². The average Bonchev–Trinajstić information content (AvgIpc) is 3.46. The standard InChI is InChI=1S/C52H39N/c1-36(38-17-6-3-7-18-38)31-44(40-21-10-5-11-22-40)32-37(2)53-50-28-15-14-27-48(50)52-49-35-45(42-25-16-24-41(33-42)39-19-8-4-9-20-39)34-43-23-12-13-26-46(43)47(49)29-30-51(52)53/h3-34H,1,35H2,2H3/b37-32+,44-31+. The van der Waals surface area contributed by atoms with Gasteiger partial charge in [0.1, 0.15) is 0 Å². The van der Waals surface area contributed by atoms with Crippen molar-refractivity contribution >= 4 is 50.3 Å². The van der Waals surface area contributed by atoms with Gasteiger partial charge in [-0.1, -0.05) is 170 Å². The highest BCUT2D eigenvalue weighted by atomic mass is 15.0. The molecule has 7 aromatic carbocycles. The lowest BCUT2D eigenvalue weighted by Crippen LogP contribution is -1.97.